The minimum absolute atomic E-state index is 0.0992. The van der Waals surface area contributed by atoms with Crippen molar-refractivity contribution in [2.24, 2.45) is 0 Å². The molecule has 0 aliphatic carbocycles. The van der Waals surface area contributed by atoms with Crippen LogP contribution in [0, 0.1) is 19.7 Å². The van der Waals surface area contributed by atoms with Crippen LogP contribution in [0.1, 0.15) is 16.7 Å². The minimum atomic E-state index is -0.352. The first-order valence-electron chi connectivity index (χ1n) is 8.33. The zero-order valence-electron chi connectivity index (χ0n) is 14.7. The Bertz CT molecular complexity index is 903. The van der Waals surface area contributed by atoms with Gasteiger partial charge in [0.15, 0.2) is 0 Å². The molecule has 1 amide bonds. The topological polar surface area (TPSA) is 54.0 Å². The number of nitrogens with zero attached hydrogens (tertiary/aromatic N) is 1. The maximum atomic E-state index is 13.2. The SMILES string of the molecule is Cc1cc(C)cc(Nc2ccc(NC(=O)Cc3cccc(F)c3)nc2)c1. The summed E-state index contributed by atoms with van der Waals surface area (Å²) in [5, 5.41) is 6.01. The molecule has 0 atom stereocenters. The van der Waals surface area contributed by atoms with Crippen LogP contribution in [0.2, 0.25) is 0 Å². The van der Waals surface area contributed by atoms with Gasteiger partial charge in [0.1, 0.15) is 11.6 Å². The molecule has 0 unspecified atom stereocenters. The van der Waals surface area contributed by atoms with Gasteiger partial charge in [0.2, 0.25) is 5.91 Å². The first-order valence-corrected chi connectivity index (χ1v) is 8.33. The monoisotopic (exact) mass is 349 g/mol. The maximum Gasteiger partial charge on any atom is 0.229 e. The van der Waals surface area contributed by atoms with Crippen LogP contribution in [0.15, 0.2) is 60.8 Å². The summed E-state index contributed by atoms with van der Waals surface area (Å²) in [6, 6.07) is 15.8. The Balaban J connectivity index is 1.61. The summed E-state index contributed by atoms with van der Waals surface area (Å²) in [5.41, 5.74) is 4.81. The highest BCUT2D eigenvalue weighted by Gasteiger charge is 2.06. The molecule has 0 spiro atoms. The van der Waals surface area contributed by atoms with Crippen molar-refractivity contribution < 1.29 is 9.18 Å². The lowest BCUT2D eigenvalue weighted by Gasteiger charge is -2.10. The summed E-state index contributed by atoms with van der Waals surface area (Å²) < 4.78 is 13.2. The summed E-state index contributed by atoms with van der Waals surface area (Å²) in [6.07, 6.45) is 1.76. The molecule has 2 N–H and O–H groups in total. The van der Waals surface area contributed by atoms with Crippen molar-refractivity contribution in [3.05, 3.63) is 83.3 Å². The number of rotatable bonds is 5. The number of carbonyl (C=O) groups excluding carboxylic acids is 1. The van der Waals surface area contributed by atoms with E-state index in [4.69, 9.17) is 0 Å². The lowest BCUT2D eigenvalue weighted by atomic mass is 10.1. The van der Waals surface area contributed by atoms with E-state index in [2.05, 4.69) is 33.8 Å². The van der Waals surface area contributed by atoms with Gasteiger partial charge < -0.3 is 10.6 Å². The van der Waals surface area contributed by atoms with E-state index < -0.39 is 0 Å². The second kappa shape index (κ2) is 7.78. The smallest absolute Gasteiger partial charge is 0.229 e. The van der Waals surface area contributed by atoms with Gasteiger partial charge in [-0.3, -0.25) is 4.79 Å². The van der Waals surface area contributed by atoms with E-state index in [-0.39, 0.29) is 18.1 Å². The predicted octanol–water partition coefficient (Wildman–Crippen LogP) is 4.76. The van der Waals surface area contributed by atoms with Crippen molar-refractivity contribution in [3.63, 3.8) is 0 Å². The van der Waals surface area contributed by atoms with Gasteiger partial charge in [0.25, 0.3) is 0 Å². The summed E-state index contributed by atoms with van der Waals surface area (Å²) in [5.74, 6) is -0.134. The highest BCUT2D eigenvalue weighted by atomic mass is 19.1. The second-order valence-electron chi connectivity index (χ2n) is 6.29. The molecule has 0 saturated carbocycles. The van der Waals surface area contributed by atoms with Gasteiger partial charge in [-0.2, -0.15) is 0 Å². The maximum absolute atomic E-state index is 13.2. The van der Waals surface area contributed by atoms with Crippen LogP contribution in [0.25, 0.3) is 0 Å². The number of carbonyl (C=O) groups is 1. The summed E-state index contributed by atoms with van der Waals surface area (Å²) in [7, 11) is 0. The van der Waals surface area contributed by atoms with Crippen molar-refractivity contribution in [1.29, 1.82) is 0 Å². The van der Waals surface area contributed by atoms with Gasteiger partial charge in [-0.25, -0.2) is 9.37 Å². The van der Waals surface area contributed by atoms with Gasteiger partial charge in [-0.05, 0) is 66.9 Å². The Hall–Kier alpha value is -3.21. The number of hydrogen-bond acceptors (Lipinski definition) is 3. The molecule has 3 rings (SSSR count). The van der Waals surface area contributed by atoms with Crippen LogP contribution in [0.5, 0.6) is 0 Å². The molecule has 0 saturated heterocycles. The molecule has 4 nitrogen and oxygen atoms in total. The van der Waals surface area contributed by atoms with Crippen LogP contribution < -0.4 is 10.6 Å². The summed E-state index contributed by atoms with van der Waals surface area (Å²) in [4.78, 5) is 16.3. The zero-order valence-corrected chi connectivity index (χ0v) is 14.7. The number of aromatic nitrogens is 1. The lowest BCUT2D eigenvalue weighted by Crippen LogP contribution is -2.15. The van der Waals surface area contributed by atoms with Crippen molar-refractivity contribution in [2.75, 3.05) is 10.6 Å². The van der Waals surface area contributed by atoms with E-state index in [9.17, 15) is 9.18 Å². The largest absolute Gasteiger partial charge is 0.354 e. The van der Waals surface area contributed by atoms with Crippen molar-refractivity contribution in [3.8, 4) is 0 Å². The third-order valence-electron chi connectivity index (χ3n) is 3.80. The van der Waals surface area contributed by atoms with Gasteiger partial charge in [-0.15, -0.1) is 0 Å². The average molecular weight is 349 g/mol. The molecule has 2 aromatic carbocycles. The third-order valence-corrected chi connectivity index (χ3v) is 3.80. The highest BCUT2D eigenvalue weighted by molar-refractivity contribution is 5.91. The third kappa shape index (κ3) is 4.89. The molecule has 0 aliphatic rings. The van der Waals surface area contributed by atoms with Crippen LogP contribution in [-0.2, 0) is 11.2 Å². The second-order valence-corrected chi connectivity index (χ2v) is 6.29. The number of halogens is 1. The average Bonchev–Trinajstić information content (AvgIpc) is 2.55. The predicted molar refractivity (Wildman–Crippen MR) is 102 cm³/mol. The Morgan fingerprint density at radius 3 is 2.42 bits per heavy atom. The lowest BCUT2D eigenvalue weighted by molar-refractivity contribution is -0.115. The number of amides is 1. The van der Waals surface area contributed by atoms with Crippen LogP contribution in [-0.4, -0.2) is 10.9 Å². The first-order chi connectivity index (χ1) is 12.5. The van der Waals surface area contributed by atoms with Crippen molar-refractivity contribution >= 4 is 23.1 Å². The molecular weight excluding hydrogens is 329 g/mol. The Labute approximate surface area is 152 Å². The summed E-state index contributed by atoms with van der Waals surface area (Å²) in [6.45, 7) is 4.10. The Morgan fingerprint density at radius 1 is 1.00 bits per heavy atom. The Kier molecular flexibility index (Phi) is 5.27. The molecule has 132 valence electrons. The van der Waals surface area contributed by atoms with Crippen LogP contribution in [0.3, 0.4) is 0 Å². The number of benzene rings is 2. The molecule has 3 aromatic rings. The van der Waals surface area contributed by atoms with Crippen LogP contribution >= 0.6 is 0 Å². The quantitative estimate of drug-likeness (QED) is 0.698. The van der Waals surface area contributed by atoms with Gasteiger partial charge in [0.05, 0.1) is 18.3 Å². The van der Waals surface area contributed by atoms with Crippen molar-refractivity contribution in [1.82, 2.24) is 4.98 Å². The molecular formula is C21H20FN3O. The fraction of sp³-hybridized carbons (Fsp3) is 0.143. The molecule has 0 aliphatic heterocycles. The molecule has 1 aromatic heterocycles. The van der Waals surface area contributed by atoms with Crippen molar-refractivity contribution in [2.45, 2.75) is 20.3 Å². The number of hydrogen-bond donors (Lipinski definition) is 2. The van der Waals surface area contributed by atoms with Gasteiger partial charge in [-0.1, -0.05) is 18.2 Å². The first kappa shape index (κ1) is 17.6. The number of pyridine rings is 1. The standard InChI is InChI=1S/C21H20FN3O/c1-14-8-15(2)10-19(9-14)24-18-6-7-20(23-13-18)25-21(26)12-16-4-3-5-17(22)11-16/h3-11,13,24H,12H2,1-2H3,(H,23,25,26). The van der Waals surface area contributed by atoms with Crippen LogP contribution in [0.4, 0.5) is 21.6 Å². The van der Waals surface area contributed by atoms with E-state index in [0.29, 0.717) is 11.4 Å². The van der Waals surface area contributed by atoms with E-state index in [0.717, 1.165) is 11.4 Å². The molecule has 0 fully saturated rings. The number of aryl methyl sites for hydroxylation is 2. The molecule has 5 heteroatoms. The zero-order chi connectivity index (χ0) is 18.5. The number of nitrogens with one attached hydrogen (secondary N) is 2. The molecule has 0 bridgehead atoms. The fourth-order valence-corrected chi connectivity index (χ4v) is 2.77. The molecule has 0 radical (unpaired) electrons. The van der Waals surface area contributed by atoms with E-state index in [1.165, 1.54) is 23.3 Å². The van der Waals surface area contributed by atoms with E-state index >= 15 is 0 Å². The van der Waals surface area contributed by atoms with Gasteiger partial charge >= 0.3 is 0 Å². The molecule has 26 heavy (non-hydrogen) atoms. The fourth-order valence-electron chi connectivity index (χ4n) is 2.77. The molecule has 1 heterocycles. The minimum Gasteiger partial charge on any atom is -0.354 e. The highest BCUT2D eigenvalue weighted by Crippen LogP contribution is 2.20. The van der Waals surface area contributed by atoms with E-state index in [1.807, 2.05) is 19.9 Å². The van der Waals surface area contributed by atoms with Gasteiger partial charge in [0, 0.05) is 5.69 Å². The summed E-state index contributed by atoms with van der Waals surface area (Å²) >= 11 is 0. The van der Waals surface area contributed by atoms with E-state index in [1.54, 1.807) is 24.4 Å². The number of anilines is 3. The normalized spacial score (nSPS) is 10.4. The Morgan fingerprint density at radius 2 is 1.77 bits per heavy atom.